The Morgan fingerprint density at radius 1 is 1.25 bits per heavy atom. The Morgan fingerprint density at radius 2 is 2.12 bits per heavy atom. The van der Waals surface area contributed by atoms with Gasteiger partial charge in [0.1, 0.15) is 11.8 Å². The third-order valence-electron chi connectivity index (χ3n) is 5.33. The number of fused-ring (bicyclic) bond motifs is 1. The van der Waals surface area contributed by atoms with Crippen molar-refractivity contribution in [3.8, 4) is 0 Å². The van der Waals surface area contributed by atoms with Gasteiger partial charge in [0.05, 0.1) is 24.4 Å². The smallest absolute Gasteiger partial charge is 0.370 e. The summed E-state index contributed by atoms with van der Waals surface area (Å²) in [6.07, 6.45) is -0.179. The van der Waals surface area contributed by atoms with Gasteiger partial charge in [0.25, 0.3) is 0 Å². The first-order chi connectivity index (χ1) is 15.4. The van der Waals surface area contributed by atoms with Crippen LogP contribution in [0, 0.1) is 0 Å². The minimum absolute atomic E-state index is 0.414. The van der Waals surface area contributed by atoms with Gasteiger partial charge in [-0.1, -0.05) is 18.2 Å². The number of aliphatic imine (C=N–C) groups is 1. The first-order valence-electron chi connectivity index (χ1n) is 10.7. The Labute approximate surface area is 184 Å². The molecular weight excluding hydrogens is 419 g/mol. The van der Waals surface area contributed by atoms with Crippen molar-refractivity contribution in [1.29, 1.82) is 0 Å². The maximum atomic E-state index is 13.1. The number of ether oxygens (including phenoxy) is 1. The molecule has 1 atom stereocenters. The van der Waals surface area contributed by atoms with Crippen LogP contribution in [-0.4, -0.2) is 53.0 Å². The van der Waals surface area contributed by atoms with Crippen LogP contribution in [-0.2, 0) is 17.3 Å². The molecule has 0 radical (unpaired) electrons. The first-order valence-corrected chi connectivity index (χ1v) is 10.7. The van der Waals surface area contributed by atoms with E-state index in [1.165, 1.54) is 12.1 Å². The molecule has 2 aromatic heterocycles. The lowest BCUT2D eigenvalue weighted by Gasteiger charge is -2.35. The summed E-state index contributed by atoms with van der Waals surface area (Å²) in [7, 11) is 0. The molecule has 1 fully saturated rings. The monoisotopic (exact) mass is 445 g/mol. The van der Waals surface area contributed by atoms with Crippen molar-refractivity contribution in [2.24, 2.45) is 4.99 Å². The molecule has 9 heteroatoms. The maximum Gasteiger partial charge on any atom is 0.416 e. The van der Waals surface area contributed by atoms with Crippen LogP contribution >= 0.6 is 0 Å². The fourth-order valence-electron chi connectivity index (χ4n) is 3.77. The van der Waals surface area contributed by atoms with Crippen LogP contribution in [0.4, 0.5) is 13.2 Å². The van der Waals surface area contributed by atoms with E-state index in [1.807, 2.05) is 46.8 Å². The molecule has 1 unspecified atom stereocenters. The summed E-state index contributed by atoms with van der Waals surface area (Å²) in [6.45, 7) is 4.70. The van der Waals surface area contributed by atoms with Gasteiger partial charge in [0, 0.05) is 38.4 Å². The minimum atomic E-state index is -4.38. The highest BCUT2D eigenvalue weighted by molar-refractivity contribution is 5.80. The van der Waals surface area contributed by atoms with Crippen LogP contribution in [0.5, 0.6) is 0 Å². The van der Waals surface area contributed by atoms with Gasteiger partial charge < -0.3 is 19.4 Å². The number of hydrogen-bond donors (Lipinski definition) is 1. The number of hydrogen-bond acceptors (Lipinski definition) is 3. The molecule has 4 rings (SSSR count). The molecule has 0 saturated carbocycles. The number of halogens is 3. The fourth-order valence-corrected chi connectivity index (χ4v) is 3.77. The van der Waals surface area contributed by atoms with Crippen molar-refractivity contribution in [1.82, 2.24) is 19.6 Å². The van der Waals surface area contributed by atoms with Gasteiger partial charge in [-0.3, -0.25) is 4.99 Å². The molecule has 170 valence electrons. The Morgan fingerprint density at radius 3 is 2.91 bits per heavy atom. The predicted molar refractivity (Wildman–Crippen MR) is 117 cm³/mol. The van der Waals surface area contributed by atoms with Gasteiger partial charge in [-0.2, -0.15) is 13.2 Å². The molecule has 1 aromatic carbocycles. The van der Waals surface area contributed by atoms with Crippen LogP contribution in [0.2, 0.25) is 0 Å². The molecular formula is C23H26F3N5O. The van der Waals surface area contributed by atoms with Crippen molar-refractivity contribution in [3.05, 3.63) is 71.7 Å². The second-order valence-electron chi connectivity index (χ2n) is 7.61. The average Bonchev–Trinajstić information content (AvgIpc) is 3.21. The topological polar surface area (TPSA) is 54.2 Å². The Bertz CT molecular complexity index is 1050. The van der Waals surface area contributed by atoms with E-state index >= 15 is 0 Å². The van der Waals surface area contributed by atoms with Crippen LogP contribution < -0.4 is 5.32 Å². The Balaban J connectivity index is 1.44. The van der Waals surface area contributed by atoms with Crippen molar-refractivity contribution < 1.29 is 17.9 Å². The van der Waals surface area contributed by atoms with E-state index in [9.17, 15) is 13.2 Å². The van der Waals surface area contributed by atoms with Crippen molar-refractivity contribution >= 4 is 11.6 Å². The predicted octanol–water partition coefficient (Wildman–Crippen LogP) is 3.93. The van der Waals surface area contributed by atoms with E-state index in [-0.39, 0.29) is 0 Å². The van der Waals surface area contributed by atoms with Crippen LogP contribution in [0.1, 0.15) is 29.8 Å². The molecule has 1 N–H and O–H groups in total. The number of alkyl halides is 3. The molecule has 0 amide bonds. The Kier molecular flexibility index (Phi) is 6.64. The second kappa shape index (κ2) is 9.60. The zero-order valence-corrected chi connectivity index (χ0v) is 17.8. The number of aromatic nitrogens is 2. The van der Waals surface area contributed by atoms with E-state index < -0.39 is 17.8 Å². The van der Waals surface area contributed by atoms with Crippen molar-refractivity contribution in [3.63, 3.8) is 0 Å². The van der Waals surface area contributed by atoms with Gasteiger partial charge in [-0.25, -0.2) is 4.98 Å². The van der Waals surface area contributed by atoms with Gasteiger partial charge in [-0.05, 0) is 36.8 Å². The summed E-state index contributed by atoms with van der Waals surface area (Å²) in [4.78, 5) is 11.4. The van der Waals surface area contributed by atoms with Crippen LogP contribution in [0.25, 0.3) is 5.65 Å². The fraction of sp³-hybridized carbons (Fsp3) is 0.391. The Hall–Kier alpha value is -3.07. The number of morpholine rings is 1. The van der Waals surface area contributed by atoms with E-state index in [2.05, 4.69) is 10.3 Å². The van der Waals surface area contributed by atoms with Gasteiger partial charge in [0.15, 0.2) is 5.96 Å². The van der Waals surface area contributed by atoms with E-state index in [0.717, 1.165) is 23.4 Å². The molecule has 1 aliphatic rings. The minimum Gasteiger partial charge on any atom is -0.370 e. The first kappa shape index (κ1) is 22.1. The highest BCUT2D eigenvalue weighted by Crippen LogP contribution is 2.32. The normalized spacial score (nSPS) is 17.7. The van der Waals surface area contributed by atoms with Crippen molar-refractivity contribution in [2.75, 3.05) is 32.8 Å². The standard InChI is InChI=1S/C23H26F3N5O/c1-2-27-22(28-10-9-19-15-30-11-4-3-8-21(30)29-19)31-12-13-32-20(16-31)17-6-5-7-18(14-17)23(24,25)26/h3-8,11,14-15,20H,2,9-10,12-13,16H2,1H3,(H,27,28). The summed E-state index contributed by atoms with van der Waals surface area (Å²) in [6, 6.07) is 11.2. The number of rotatable bonds is 5. The zero-order chi connectivity index (χ0) is 22.6. The van der Waals surface area contributed by atoms with Crippen molar-refractivity contribution in [2.45, 2.75) is 25.6 Å². The highest BCUT2D eigenvalue weighted by Gasteiger charge is 2.32. The summed E-state index contributed by atoms with van der Waals surface area (Å²) in [5, 5.41) is 3.29. The number of benzene rings is 1. The average molecular weight is 445 g/mol. The SMILES string of the molecule is CCNC(=NCCc1cn2ccccc2n1)N1CCOC(c2cccc(C(F)(F)F)c2)C1. The number of nitrogens with zero attached hydrogens (tertiary/aromatic N) is 4. The lowest BCUT2D eigenvalue weighted by molar-refractivity contribution is -0.137. The van der Waals surface area contributed by atoms with Gasteiger partial charge in [0.2, 0.25) is 0 Å². The van der Waals surface area contributed by atoms with Crippen LogP contribution in [0.3, 0.4) is 0 Å². The molecule has 32 heavy (non-hydrogen) atoms. The van der Waals surface area contributed by atoms with E-state index in [0.29, 0.717) is 44.8 Å². The summed E-state index contributed by atoms with van der Waals surface area (Å²) < 4.78 is 47.1. The molecule has 1 aliphatic heterocycles. The number of imidazole rings is 1. The van der Waals surface area contributed by atoms with Gasteiger partial charge >= 0.3 is 6.18 Å². The van der Waals surface area contributed by atoms with Gasteiger partial charge in [-0.15, -0.1) is 0 Å². The summed E-state index contributed by atoms with van der Waals surface area (Å²) in [5.41, 5.74) is 1.71. The molecule has 6 nitrogen and oxygen atoms in total. The molecule has 1 saturated heterocycles. The number of guanidine groups is 1. The molecule has 3 aromatic rings. The lowest BCUT2D eigenvalue weighted by atomic mass is 10.0. The second-order valence-corrected chi connectivity index (χ2v) is 7.61. The zero-order valence-electron chi connectivity index (χ0n) is 17.8. The summed E-state index contributed by atoms with van der Waals surface area (Å²) in [5.74, 6) is 0.733. The van der Waals surface area contributed by atoms with E-state index in [1.54, 1.807) is 6.07 Å². The third kappa shape index (κ3) is 5.21. The maximum absolute atomic E-state index is 13.1. The molecule has 0 aliphatic carbocycles. The number of pyridine rings is 1. The number of nitrogens with one attached hydrogen (secondary N) is 1. The van der Waals surface area contributed by atoms with E-state index in [4.69, 9.17) is 9.73 Å². The third-order valence-corrected chi connectivity index (χ3v) is 5.33. The largest absolute Gasteiger partial charge is 0.416 e. The quantitative estimate of drug-likeness (QED) is 0.478. The molecule has 0 spiro atoms. The molecule has 3 heterocycles. The highest BCUT2D eigenvalue weighted by atomic mass is 19.4. The lowest BCUT2D eigenvalue weighted by Crippen LogP contribution is -2.48. The van der Waals surface area contributed by atoms with Crippen LogP contribution in [0.15, 0.2) is 59.9 Å². The molecule has 0 bridgehead atoms. The summed E-state index contributed by atoms with van der Waals surface area (Å²) >= 11 is 0.